The van der Waals surface area contributed by atoms with Crippen molar-refractivity contribution >= 4 is 27.7 Å². The predicted molar refractivity (Wildman–Crippen MR) is 70.2 cm³/mol. The maximum Gasteiger partial charge on any atom is 0.411 e. The van der Waals surface area contributed by atoms with Crippen LogP contribution in [0, 0.1) is 0 Å². The molecule has 2 atom stereocenters. The molecular weight excluding hydrogens is 276 g/mol. The molecule has 0 saturated carbocycles. The Morgan fingerprint density at radius 3 is 2.94 bits per heavy atom. The van der Waals surface area contributed by atoms with Crippen LogP contribution in [0.15, 0.2) is 0 Å². The topological polar surface area (TPSA) is 75.7 Å². The van der Waals surface area contributed by atoms with Crippen LogP contribution >= 0.6 is 11.8 Å². The van der Waals surface area contributed by atoms with E-state index < -0.39 is 9.84 Å². The number of ether oxygens (including phenoxy) is 1. The standard InChI is InChI=1S/C10H18N2O4S2/c1-2-16-10(13)12-5-4-11-9(12)17-8-3-6-18(14,15)7-8/h8-9,11H,2-7H2,1H3/t8-,9-/m1/s1. The first-order valence-corrected chi connectivity index (χ1v) is 8.81. The molecular formula is C10H18N2O4S2. The third-order valence-corrected chi connectivity index (χ3v) is 6.41. The van der Waals surface area contributed by atoms with E-state index in [1.54, 1.807) is 11.8 Å². The van der Waals surface area contributed by atoms with Gasteiger partial charge in [-0.1, -0.05) is 0 Å². The van der Waals surface area contributed by atoms with Gasteiger partial charge in [0, 0.05) is 18.3 Å². The number of hydrogen-bond donors (Lipinski definition) is 1. The van der Waals surface area contributed by atoms with Crippen molar-refractivity contribution < 1.29 is 17.9 Å². The van der Waals surface area contributed by atoms with Crippen LogP contribution in [-0.4, -0.2) is 61.4 Å². The zero-order chi connectivity index (χ0) is 13.2. The highest BCUT2D eigenvalue weighted by atomic mass is 32.2. The zero-order valence-electron chi connectivity index (χ0n) is 10.3. The van der Waals surface area contributed by atoms with E-state index in [1.807, 2.05) is 0 Å². The van der Waals surface area contributed by atoms with Crippen molar-refractivity contribution in [3.63, 3.8) is 0 Å². The molecule has 2 saturated heterocycles. The third-order valence-electron chi connectivity index (χ3n) is 2.97. The summed E-state index contributed by atoms with van der Waals surface area (Å²) >= 11 is 1.51. The Bertz CT molecular complexity index is 412. The Kier molecular flexibility index (Phi) is 4.39. The summed E-state index contributed by atoms with van der Waals surface area (Å²) in [6, 6.07) is 0. The maximum absolute atomic E-state index is 11.7. The van der Waals surface area contributed by atoms with Crippen LogP contribution in [0.5, 0.6) is 0 Å². The van der Waals surface area contributed by atoms with Gasteiger partial charge in [0.25, 0.3) is 0 Å². The van der Waals surface area contributed by atoms with Crippen molar-refractivity contribution in [2.75, 3.05) is 31.2 Å². The molecule has 0 spiro atoms. The van der Waals surface area contributed by atoms with E-state index >= 15 is 0 Å². The summed E-state index contributed by atoms with van der Waals surface area (Å²) in [5, 5.41) is 3.27. The van der Waals surface area contributed by atoms with Crippen molar-refractivity contribution in [3.8, 4) is 0 Å². The minimum Gasteiger partial charge on any atom is -0.450 e. The molecule has 2 fully saturated rings. The van der Waals surface area contributed by atoms with E-state index in [-0.39, 0.29) is 28.3 Å². The molecule has 0 aromatic carbocycles. The molecule has 1 amide bonds. The molecule has 8 heteroatoms. The lowest BCUT2D eigenvalue weighted by Gasteiger charge is -2.24. The molecule has 0 aromatic rings. The number of rotatable bonds is 3. The van der Waals surface area contributed by atoms with Crippen LogP contribution in [0.3, 0.4) is 0 Å². The van der Waals surface area contributed by atoms with Gasteiger partial charge in [0.2, 0.25) is 0 Å². The van der Waals surface area contributed by atoms with Crippen LogP contribution < -0.4 is 5.32 Å². The molecule has 18 heavy (non-hydrogen) atoms. The summed E-state index contributed by atoms with van der Waals surface area (Å²) in [6.45, 7) is 3.45. The van der Waals surface area contributed by atoms with Crippen LogP contribution in [0.4, 0.5) is 4.79 Å². The lowest BCUT2D eigenvalue weighted by atomic mass is 10.4. The molecule has 0 radical (unpaired) electrons. The second-order valence-corrected chi connectivity index (χ2v) is 7.97. The second kappa shape index (κ2) is 5.66. The number of hydrogen-bond acceptors (Lipinski definition) is 6. The lowest BCUT2D eigenvalue weighted by Crippen LogP contribution is -2.39. The van der Waals surface area contributed by atoms with E-state index in [9.17, 15) is 13.2 Å². The van der Waals surface area contributed by atoms with Gasteiger partial charge in [-0.05, 0) is 13.3 Å². The molecule has 0 bridgehead atoms. The quantitative estimate of drug-likeness (QED) is 0.804. The van der Waals surface area contributed by atoms with Gasteiger partial charge in [0.15, 0.2) is 9.84 Å². The van der Waals surface area contributed by atoms with Crippen molar-refractivity contribution in [2.24, 2.45) is 0 Å². The number of nitrogens with zero attached hydrogens (tertiary/aromatic N) is 1. The fourth-order valence-electron chi connectivity index (χ4n) is 2.10. The molecule has 2 heterocycles. The molecule has 1 N–H and O–H groups in total. The fraction of sp³-hybridized carbons (Fsp3) is 0.900. The van der Waals surface area contributed by atoms with Crippen LogP contribution in [0.25, 0.3) is 0 Å². The van der Waals surface area contributed by atoms with Crippen molar-refractivity contribution in [1.29, 1.82) is 0 Å². The Morgan fingerprint density at radius 2 is 2.33 bits per heavy atom. The Morgan fingerprint density at radius 1 is 1.56 bits per heavy atom. The Labute approximate surface area is 111 Å². The normalized spacial score (nSPS) is 30.6. The molecule has 2 aliphatic rings. The van der Waals surface area contributed by atoms with Gasteiger partial charge in [-0.2, -0.15) is 0 Å². The minimum atomic E-state index is -2.87. The average Bonchev–Trinajstić information content (AvgIpc) is 2.86. The summed E-state index contributed by atoms with van der Waals surface area (Å²) in [7, 11) is -2.87. The number of amides is 1. The Balaban J connectivity index is 1.90. The highest BCUT2D eigenvalue weighted by Crippen LogP contribution is 2.30. The van der Waals surface area contributed by atoms with Gasteiger partial charge >= 0.3 is 6.09 Å². The summed E-state index contributed by atoms with van der Waals surface area (Å²) < 4.78 is 27.8. The van der Waals surface area contributed by atoms with Gasteiger partial charge in [-0.3, -0.25) is 10.2 Å². The largest absolute Gasteiger partial charge is 0.450 e. The van der Waals surface area contributed by atoms with E-state index in [4.69, 9.17) is 4.74 Å². The molecule has 0 aromatic heterocycles. The molecule has 0 unspecified atom stereocenters. The second-order valence-electron chi connectivity index (χ2n) is 4.36. The summed E-state index contributed by atoms with van der Waals surface area (Å²) in [5.41, 5.74) is -0.164. The first-order chi connectivity index (χ1) is 8.52. The van der Waals surface area contributed by atoms with Crippen molar-refractivity contribution in [2.45, 2.75) is 24.1 Å². The summed E-state index contributed by atoms with van der Waals surface area (Å²) in [6.07, 6.45) is 0.336. The SMILES string of the molecule is CCOC(=O)N1CCN[C@H]1S[C@@H]1CCS(=O)(=O)C1. The molecule has 6 nitrogen and oxygen atoms in total. The molecule has 0 aliphatic carbocycles. The van der Waals surface area contributed by atoms with Gasteiger partial charge in [-0.15, -0.1) is 11.8 Å². The van der Waals surface area contributed by atoms with Crippen LogP contribution in [0.2, 0.25) is 0 Å². The summed E-state index contributed by atoms with van der Waals surface area (Å²) in [4.78, 5) is 13.3. The highest BCUT2D eigenvalue weighted by Gasteiger charge is 2.36. The smallest absolute Gasteiger partial charge is 0.411 e. The van der Waals surface area contributed by atoms with Gasteiger partial charge in [0.05, 0.1) is 18.1 Å². The van der Waals surface area contributed by atoms with Crippen LogP contribution in [0.1, 0.15) is 13.3 Å². The van der Waals surface area contributed by atoms with Crippen molar-refractivity contribution in [3.05, 3.63) is 0 Å². The van der Waals surface area contributed by atoms with Gasteiger partial charge in [0.1, 0.15) is 5.50 Å². The highest BCUT2D eigenvalue weighted by molar-refractivity contribution is 8.02. The fourth-order valence-corrected chi connectivity index (χ4v) is 5.90. The first-order valence-electron chi connectivity index (χ1n) is 6.04. The maximum atomic E-state index is 11.7. The molecule has 104 valence electrons. The number of sulfone groups is 1. The number of thioether (sulfide) groups is 1. The van der Waals surface area contributed by atoms with E-state index in [2.05, 4.69) is 5.32 Å². The monoisotopic (exact) mass is 294 g/mol. The number of carbonyl (C=O) groups is 1. The molecule has 2 rings (SSSR count). The zero-order valence-corrected chi connectivity index (χ0v) is 11.9. The van der Waals surface area contributed by atoms with E-state index in [0.29, 0.717) is 19.6 Å². The lowest BCUT2D eigenvalue weighted by molar-refractivity contribution is 0.112. The van der Waals surface area contributed by atoms with Crippen molar-refractivity contribution in [1.82, 2.24) is 10.2 Å². The first kappa shape index (κ1) is 14.0. The minimum absolute atomic E-state index is 0.0718. The van der Waals surface area contributed by atoms with Gasteiger partial charge < -0.3 is 4.74 Å². The number of carbonyl (C=O) groups excluding carboxylic acids is 1. The average molecular weight is 294 g/mol. The molecule has 2 aliphatic heterocycles. The van der Waals surface area contributed by atoms with E-state index in [0.717, 1.165) is 6.54 Å². The third kappa shape index (κ3) is 3.30. The number of nitrogens with one attached hydrogen (secondary N) is 1. The summed E-state index contributed by atoms with van der Waals surface area (Å²) in [5.74, 6) is 0.476. The Hall–Kier alpha value is -0.470. The van der Waals surface area contributed by atoms with E-state index in [1.165, 1.54) is 11.8 Å². The van der Waals surface area contributed by atoms with Crippen LogP contribution in [-0.2, 0) is 14.6 Å². The predicted octanol–water partition coefficient (Wildman–Crippen LogP) is 0.252. The van der Waals surface area contributed by atoms with Gasteiger partial charge in [-0.25, -0.2) is 13.2 Å².